The van der Waals surface area contributed by atoms with Crippen LogP contribution in [-0.2, 0) is 6.42 Å². The summed E-state index contributed by atoms with van der Waals surface area (Å²) < 4.78 is 0. The minimum Gasteiger partial charge on any atom is -0.390 e. The number of aliphatic hydroxyl groups is 3. The van der Waals surface area contributed by atoms with Crippen LogP contribution in [0.1, 0.15) is 38.2 Å². The highest BCUT2D eigenvalue weighted by Crippen LogP contribution is 2.08. The molecule has 0 aromatic heterocycles. The van der Waals surface area contributed by atoms with E-state index in [4.69, 9.17) is 0 Å². The number of aliphatic hydroxyl groups excluding tert-OH is 3. The molecule has 0 heterocycles. The summed E-state index contributed by atoms with van der Waals surface area (Å²) in [7, 11) is 0. The number of hydrogen-bond donors (Lipinski definition) is 3. The molecule has 3 N–H and O–H groups in total. The molecule has 0 bridgehead atoms. The normalized spacial score (nSPS) is 16.2. The van der Waals surface area contributed by atoms with Crippen molar-refractivity contribution in [3.63, 3.8) is 0 Å². The Balaban J connectivity index is 2.25. The van der Waals surface area contributed by atoms with E-state index in [1.54, 1.807) is 24.3 Å². The molecule has 142 valence electrons. The van der Waals surface area contributed by atoms with E-state index in [-0.39, 0.29) is 6.10 Å². The van der Waals surface area contributed by atoms with Crippen molar-refractivity contribution in [2.45, 2.75) is 57.3 Å². The standard InChI is InChI=1S/C23H32O3/c1-2-3-15-21(24)16-11-6-4-5-7-12-17-22(25)23(26)19-18-20-13-9-8-10-14-20/h4-14,16-17,21-26H,2-3,15,18-19H2,1H3/b6-4-,7-5+,16-11+,17-12+/t21-,22-,23+/m0/s1. The molecule has 0 spiro atoms. The Labute approximate surface area is 157 Å². The number of benzene rings is 1. The fourth-order valence-electron chi connectivity index (χ4n) is 2.39. The van der Waals surface area contributed by atoms with Crippen LogP contribution in [0.2, 0.25) is 0 Å². The highest BCUT2D eigenvalue weighted by molar-refractivity contribution is 5.17. The maximum Gasteiger partial charge on any atom is 0.0983 e. The van der Waals surface area contributed by atoms with Crippen molar-refractivity contribution in [1.29, 1.82) is 0 Å². The smallest absolute Gasteiger partial charge is 0.0983 e. The second-order valence-corrected chi connectivity index (χ2v) is 6.33. The van der Waals surface area contributed by atoms with Gasteiger partial charge in [0.1, 0.15) is 0 Å². The molecule has 3 heteroatoms. The van der Waals surface area contributed by atoms with Crippen molar-refractivity contribution in [3.8, 4) is 0 Å². The zero-order chi connectivity index (χ0) is 19.0. The van der Waals surface area contributed by atoms with Crippen LogP contribution in [0.15, 0.2) is 78.9 Å². The van der Waals surface area contributed by atoms with E-state index >= 15 is 0 Å². The van der Waals surface area contributed by atoms with Crippen molar-refractivity contribution >= 4 is 0 Å². The van der Waals surface area contributed by atoms with Crippen LogP contribution in [0.3, 0.4) is 0 Å². The van der Waals surface area contributed by atoms with Gasteiger partial charge in [-0.05, 0) is 24.8 Å². The van der Waals surface area contributed by atoms with Gasteiger partial charge in [0.2, 0.25) is 0 Å². The Hall–Kier alpha value is -1.94. The maximum atomic E-state index is 9.99. The van der Waals surface area contributed by atoms with Crippen molar-refractivity contribution in [3.05, 3.63) is 84.5 Å². The molecule has 0 unspecified atom stereocenters. The SMILES string of the molecule is CCCC[C@H](O)/C=C/C=C\C=C\C=C\[C@H](O)[C@H](O)CCc1ccccc1. The molecule has 3 nitrogen and oxygen atoms in total. The fraction of sp³-hybridized carbons (Fsp3) is 0.391. The lowest BCUT2D eigenvalue weighted by Crippen LogP contribution is -2.24. The summed E-state index contributed by atoms with van der Waals surface area (Å²) in [5.74, 6) is 0. The maximum absolute atomic E-state index is 9.99. The van der Waals surface area contributed by atoms with Gasteiger partial charge >= 0.3 is 0 Å². The Morgan fingerprint density at radius 2 is 1.42 bits per heavy atom. The minimum absolute atomic E-state index is 0.379. The third-order valence-corrected chi connectivity index (χ3v) is 4.02. The third-order valence-electron chi connectivity index (χ3n) is 4.02. The number of unbranched alkanes of at least 4 members (excludes halogenated alkanes) is 1. The van der Waals surface area contributed by atoms with E-state index in [9.17, 15) is 15.3 Å². The molecule has 0 fully saturated rings. The summed E-state index contributed by atoms with van der Waals surface area (Å²) in [5, 5.41) is 29.6. The molecule has 3 atom stereocenters. The van der Waals surface area contributed by atoms with Crippen molar-refractivity contribution in [2.75, 3.05) is 0 Å². The van der Waals surface area contributed by atoms with Gasteiger partial charge in [-0.1, -0.05) is 98.7 Å². The largest absolute Gasteiger partial charge is 0.390 e. The highest BCUT2D eigenvalue weighted by Gasteiger charge is 2.12. The molecule has 0 saturated heterocycles. The number of allylic oxidation sites excluding steroid dienone is 6. The Morgan fingerprint density at radius 1 is 0.808 bits per heavy atom. The molecule has 0 amide bonds. The predicted octanol–water partition coefficient (Wildman–Crippen LogP) is 4.12. The van der Waals surface area contributed by atoms with Crippen molar-refractivity contribution in [2.24, 2.45) is 0 Å². The van der Waals surface area contributed by atoms with Crippen LogP contribution < -0.4 is 0 Å². The number of hydrogen-bond acceptors (Lipinski definition) is 3. The van der Waals surface area contributed by atoms with Gasteiger partial charge in [-0.2, -0.15) is 0 Å². The van der Waals surface area contributed by atoms with E-state index < -0.39 is 12.2 Å². The second kappa shape index (κ2) is 14.3. The van der Waals surface area contributed by atoms with Crippen LogP contribution in [0.5, 0.6) is 0 Å². The highest BCUT2D eigenvalue weighted by atomic mass is 16.3. The molecule has 1 aromatic rings. The van der Waals surface area contributed by atoms with Gasteiger partial charge in [0.25, 0.3) is 0 Å². The lowest BCUT2D eigenvalue weighted by Gasteiger charge is -2.14. The molecular formula is C23H32O3. The van der Waals surface area contributed by atoms with Crippen molar-refractivity contribution < 1.29 is 15.3 Å². The monoisotopic (exact) mass is 356 g/mol. The third kappa shape index (κ3) is 10.8. The quantitative estimate of drug-likeness (QED) is 0.494. The first-order valence-corrected chi connectivity index (χ1v) is 9.40. The molecule has 0 aliphatic rings. The first-order valence-electron chi connectivity index (χ1n) is 9.40. The summed E-state index contributed by atoms with van der Waals surface area (Å²) in [4.78, 5) is 0. The average Bonchev–Trinajstić information content (AvgIpc) is 2.67. The molecular weight excluding hydrogens is 324 g/mol. The molecule has 1 rings (SSSR count). The Bertz CT molecular complexity index is 572. The molecule has 0 saturated carbocycles. The Morgan fingerprint density at radius 3 is 2.08 bits per heavy atom. The number of rotatable bonds is 12. The summed E-state index contributed by atoms with van der Waals surface area (Å²) in [6.45, 7) is 2.11. The first kappa shape index (κ1) is 22.1. The lowest BCUT2D eigenvalue weighted by molar-refractivity contribution is 0.0435. The van der Waals surface area contributed by atoms with E-state index in [1.807, 2.05) is 54.6 Å². The molecule has 26 heavy (non-hydrogen) atoms. The minimum atomic E-state index is -0.874. The van der Waals surface area contributed by atoms with Gasteiger partial charge in [-0.25, -0.2) is 0 Å². The van der Waals surface area contributed by atoms with Gasteiger partial charge in [0.05, 0.1) is 18.3 Å². The average molecular weight is 357 g/mol. The Kier molecular flexibility index (Phi) is 12.1. The molecule has 1 aromatic carbocycles. The first-order chi connectivity index (χ1) is 12.6. The fourth-order valence-corrected chi connectivity index (χ4v) is 2.39. The van der Waals surface area contributed by atoms with E-state index in [0.717, 1.165) is 31.2 Å². The van der Waals surface area contributed by atoms with Gasteiger partial charge in [-0.3, -0.25) is 0 Å². The second-order valence-electron chi connectivity index (χ2n) is 6.33. The van der Waals surface area contributed by atoms with E-state index in [2.05, 4.69) is 6.92 Å². The summed E-state index contributed by atoms with van der Waals surface area (Å²) in [5.41, 5.74) is 1.15. The van der Waals surface area contributed by atoms with Crippen LogP contribution in [0.4, 0.5) is 0 Å². The van der Waals surface area contributed by atoms with Gasteiger partial charge in [0.15, 0.2) is 0 Å². The zero-order valence-corrected chi connectivity index (χ0v) is 15.6. The van der Waals surface area contributed by atoms with Gasteiger partial charge in [0, 0.05) is 0 Å². The molecule has 0 radical (unpaired) electrons. The van der Waals surface area contributed by atoms with Crippen LogP contribution in [0, 0.1) is 0 Å². The van der Waals surface area contributed by atoms with Crippen LogP contribution >= 0.6 is 0 Å². The molecule has 0 aliphatic heterocycles. The van der Waals surface area contributed by atoms with E-state index in [0.29, 0.717) is 6.42 Å². The summed E-state index contributed by atoms with van der Waals surface area (Å²) in [6.07, 6.45) is 16.4. The van der Waals surface area contributed by atoms with Crippen molar-refractivity contribution in [1.82, 2.24) is 0 Å². The van der Waals surface area contributed by atoms with Crippen LogP contribution in [-0.4, -0.2) is 33.6 Å². The van der Waals surface area contributed by atoms with E-state index in [1.165, 1.54) is 0 Å². The lowest BCUT2D eigenvalue weighted by atomic mass is 10.0. The van der Waals surface area contributed by atoms with Gasteiger partial charge < -0.3 is 15.3 Å². The predicted molar refractivity (Wildman–Crippen MR) is 109 cm³/mol. The topological polar surface area (TPSA) is 60.7 Å². The van der Waals surface area contributed by atoms with Gasteiger partial charge in [-0.15, -0.1) is 0 Å². The summed E-state index contributed by atoms with van der Waals surface area (Å²) in [6, 6.07) is 9.93. The zero-order valence-electron chi connectivity index (χ0n) is 15.6. The molecule has 0 aliphatic carbocycles. The summed E-state index contributed by atoms with van der Waals surface area (Å²) >= 11 is 0. The number of aryl methyl sites for hydroxylation is 1. The van der Waals surface area contributed by atoms with Crippen LogP contribution in [0.25, 0.3) is 0 Å².